The molecule has 2 nitrogen and oxygen atoms in total. The smallest absolute Gasteiger partial charge is 0.0499 e. The lowest BCUT2D eigenvalue weighted by Gasteiger charge is -2.56. The molecule has 2 aliphatic rings. The summed E-state index contributed by atoms with van der Waals surface area (Å²) in [6.45, 7) is 11.9. The number of nitrogens with zero attached hydrogens (tertiary/aromatic N) is 2. The van der Waals surface area contributed by atoms with Gasteiger partial charge in [-0.25, -0.2) is 0 Å². The van der Waals surface area contributed by atoms with E-state index in [1.54, 1.807) is 0 Å². The Morgan fingerprint density at radius 2 is 1.53 bits per heavy atom. The van der Waals surface area contributed by atoms with Gasteiger partial charge in [0.2, 0.25) is 0 Å². The third kappa shape index (κ3) is 2.34. The van der Waals surface area contributed by atoms with Gasteiger partial charge in [-0.05, 0) is 52.1 Å². The van der Waals surface area contributed by atoms with Crippen molar-refractivity contribution >= 4 is 12.6 Å². The molecular weight excluding hydrogens is 204 g/mol. The zero-order chi connectivity index (χ0) is 11.1. The predicted octanol–water partition coefficient (Wildman–Crippen LogP) is 2.07. The molecule has 0 saturated carbocycles. The molecule has 1 unspecified atom stereocenters. The van der Waals surface area contributed by atoms with Gasteiger partial charge in [0.1, 0.15) is 0 Å². The number of likely N-dealkylation sites (tertiary alicyclic amines) is 2. The van der Waals surface area contributed by atoms with Crippen molar-refractivity contribution in [2.75, 3.05) is 26.2 Å². The maximum absolute atomic E-state index is 4.51. The summed E-state index contributed by atoms with van der Waals surface area (Å²) in [4.78, 5) is 5.09. The number of piperidine rings is 1. The second-order valence-electron chi connectivity index (χ2n) is 5.67. The summed E-state index contributed by atoms with van der Waals surface area (Å²) >= 11 is 4.51. The molecule has 0 aromatic rings. The van der Waals surface area contributed by atoms with Crippen LogP contribution in [0.1, 0.15) is 33.6 Å². The molecule has 0 bridgehead atoms. The molecule has 0 aromatic heterocycles. The molecule has 0 N–H and O–H groups in total. The van der Waals surface area contributed by atoms with Crippen LogP contribution in [0.4, 0.5) is 0 Å². The van der Waals surface area contributed by atoms with Crippen molar-refractivity contribution in [1.29, 1.82) is 0 Å². The first-order valence-corrected chi connectivity index (χ1v) is 6.70. The van der Waals surface area contributed by atoms with Gasteiger partial charge in [-0.2, -0.15) is 12.6 Å². The van der Waals surface area contributed by atoms with Gasteiger partial charge >= 0.3 is 0 Å². The number of rotatable bonds is 2. The molecule has 2 rings (SSSR count). The van der Waals surface area contributed by atoms with E-state index in [-0.39, 0.29) is 0 Å². The highest BCUT2D eigenvalue weighted by Gasteiger charge is 2.45. The van der Waals surface area contributed by atoms with Crippen LogP contribution >= 0.6 is 12.6 Å². The molecule has 2 heterocycles. The summed E-state index contributed by atoms with van der Waals surface area (Å²) in [6, 6.07) is 0.734. The van der Waals surface area contributed by atoms with Crippen molar-refractivity contribution < 1.29 is 0 Å². The summed E-state index contributed by atoms with van der Waals surface area (Å²) in [5.41, 5.74) is 0.670. The summed E-state index contributed by atoms with van der Waals surface area (Å²) in [5, 5.41) is 0.434. The molecule has 1 atom stereocenters. The SMILES string of the molecule is CC(C)N1CC2(CCN(C(C)S)CC2)C1. The van der Waals surface area contributed by atoms with Crippen molar-refractivity contribution in [3.63, 3.8) is 0 Å². The molecule has 2 fully saturated rings. The van der Waals surface area contributed by atoms with Crippen LogP contribution < -0.4 is 0 Å². The largest absolute Gasteiger partial charge is 0.300 e. The van der Waals surface area contributed by atoms with Crippen LogP contribution in [-0.2, 0) is 0 Å². The fourth-order valence-corrected chi connectivity index (χ4v) is 3.10. The van der Waals surface area contributed by atoms with E-state index in [9.17, 15) is 0 Å². The van der Waals surface area contributed by atoms with Gasteiger partial charge in [-0.15, -0.1) is 0 Å². The van der Waals surface area contributed by atoms with Gasteiger partial charge in [-0.3, -0.25) is 9.80 Å². The van der Waals surface area contributed by atoms with E-state index in [1.807, 2.05) is 0 Å². The van der Waals surface area contributed by atoms with Crippen molar-refractivity contribution in [3.8, 4) is 0 Å². The highest BCUT2D eigenvalue weighted by molar-refractivity contribution is 7.80. The molecule has 88 valence electrons. The first kappa shape index (κ1) is 11.7. The fraction of sp³-hybridized carbons (Fsp3) is 1.00. The van der Waals surface area contributed by atoms with Gasteiger partial charge < -0.3 is 0 Å². The highest BCUT2D eigenvalue weighted by atomic mass is 32.1. The quantitative estimate of drug-likeness (QED) is 0.723. The minimum Gasteiger partial charge on any atom is -0.300 e. The lowest BCUT2D eigenvalue weighted by Crippen LogP contribution is -2.62. The van der Waals surface area contributed by atoms with E-state index in [0.29, 0.717) is 10.8 Å². The van der Waals surface area contributed by atoms with Crippen molar-refractivity contribution in [2.24, 2.45) is 5.41 Å². The topological polar surface area (TPSA) is 6.48 Å². The molecule has 0 amide bonds. The van der Waals surface area contributed by atoms with Gasteiger partial charge in [-0.1, -0.05) is 0 Å². The zero-order valence-corrected chi connectivity index (χ0v) is 11.1. The fourth-order valence-electron chi connectivity index (χ4n) is 2.87. The molecule has 3 heteroatoms. The highest BCUT2D eigenvalue weighted by Crippen LogP contribution is 2.41. The van der Waals surface area contributed by atoms with E-state index < -0.39 is 0 Å². The van der Waals surface area contributed by atoms with Crippen LogP contribution in [0.3, 0.4) is 0 Å². The van der Waals surface area contributed by atoms with Gasteiger partial charge in [0, 0.05) is 24.5 Å². The van der Waals surface area contributed by atoms with Crippen LogP contribution in [0.2, 0.25) is 0 Å². The number of hydrogen-bond acceptors (Lipinski definition) is 3. The maximum Gasteiger partial charge on any atom is 0.0499 e. The molecule has 2 aliphatic heterocycles. The average molecular weight is 228 g/mol. The summed E-state index contributed by atoms with van der Waals surface area (Å²) < 4.78 is 0. The lowest BCUT2D eigenvalue weighted by atomic mass is 9.71. The van der Waals surface area contributed by atoms with Crippen molar-refractivity contribution in [3.05, 3.63) is 0 Å². The molecule has 15 heavy (non-hydrogen) atoms. The van der Waals surface area contributed by atoms with E-state index >= 15 is 0 Å². The Morgan fingerprint density at radius 1 is 1.00 bits per heavy atom. The third-order valence-electron chi connectivity index (χ3n) is 4.19. The van der Waals surface area contributed by atoms with Crippen LogP contribution in [0.15, 0.2) is 0 Å². The Kier molecular flexibility index (Phi) is 3.34. The van der Waals surface area contributed by atoms with Gasteiger partial charge in [0.15, 0.2) is 0 Å². The van der Waals surface area contributed by atoms with Crippen molar-refractivity contribution in [2.45, 2.75) is 45.0 Å². The zero-order valence-electron chi connectivity index (χ0n) is 10.2. The van der Waals surface area contributed by atoms with Crippen LogP contribution in [-0.4, -0.2) is 47.4 Å². The Labute approximate surface area is 99.4 Å². The maximum atomic E-state index is 4.51. The first-order valence-electron chi connectivity index (χ1n) is 6.19. The minimum absolute atomic E-state index is 0.434. The Balaban J connectivity index is 1.80. The molecule has 0 aliphatic carbocycles. The monoisotopic (exact) mass is 228 g/mol. The average Bonchev–Trinajstić information content (AvgIpc) is 2.13. The summed E-state index contributed by atoms with van der Waals surface area (Å²) in [5.74, 6) is 0. The third-order valence-corrected chi connectivity index (χ3v) is 4.52. The van der Waals surface area contributed by atoms with E-state index in [4.69, 9.17) is 0 Å². The van der Waals surface area contributed by atoms with Crippen LogP contribution in [0, 0.1) is 5.41 Å². The number of hydrogen-bond donors (Lipinski definition) is 1. The molecule has 1 spiro atoms. The summed E-state index contributed by atoms with van der Waals surface area (Å²) in [6.07, 6.45) is 2.75. The van der Waals surface area contributed by atoms with Gasteiger partial charge in [0.05, 0.1) is 0 Å². The normalized spacial score (nSPS) is 29.4. The van der Waals surface area contributed by atoms with Crippen LogP contribution in [0.25, 0.3) is 0 Å². The minimum atomic E-state index is 0.434. The van der Waals surface area contributed by atoms with Crippen LogP contribution in [0.5, 0.6) is 0 Å². The molecule has 0 radical (unpaired) electrons. The predicted molar refractivity (Wildman–Crippen MR) is 68.4 cm³/mol. The second kappa shape index (κ2) is 4.27. The molecule has 2 saturated heterocycles. The Morgan fingerprint density at radius 3 is 1.93 bits per heavy atom. The lowest BCUT2D eigenvalue weighted by molar-refractivity contribution is -0.0629. The van der Waals surface area contributed by atoms with E-state index in [0.717, 1.165) is 6.04 Å². The standard InChI is InChI=1S/C12H24N2S/c1-10(2)14-8-12(9-14)4-6-13(7-5-12)11(3)15/h10-11,15H,4-9H2,1-3H3. The van der Waals surface area contributed by atoms with E-state index in [1.165, 1.54) is 39.0 Å². The molecular formula is C12H24N2S. The van der Waals surface area contributed by atoms with Crippen molar-refractivity contribution in [1.82, 2.24) is 9.80 Å². The Bertz CT molecular complexity index is 212. The van der Waals surface area contributed by atoms with Gasteiger partial charge in [0.25, 0.3) is 0 Å². The number of thiol groups is 1. The Hall–Kier alpha value is 0.270. The van der Waals surface area contributed by atoms with E-state index in [2.05, 4.69) is 43.2 Å². The summed E-state index contributed by atoms with van der Waals surface area (Å²) in [7, 11) is 0. The second-order valence-corrected chi connectivity index (χ2v) is 6.41. The first-order chi connectivity index (χ1) is 7.02. The molecule has 0 aromatic carbocycles.